The summed E-state index contributed by atoms with van der Waals surface area (Å²) in [6.07, 6.45) is 2.64. The molecule has 3 heterocycles. The number of cyclic esters (lactones) is 1. The minimum atomic E-state index is -1.12. The molecule has 2 aliphatic heterocycles. The predicted molar refractivity (Wildman–Crippen MR) is 152 cm³/mol. The summed E-state index contributed by atoms with van der Waals surface area (Å²) in [4.78, 5) is 44.1. The number of carbonyl (C=O) groups is 3. The molecule has 0 aliphatic carbocycles. The van der Waals surface area contributed by atoms with Crippen molar-refractivity contribution in [3.63, 3.8) is 0 Å². The molecule has 3 aromatic rings. The monoisotopic (exact) mass is 598 g/mol. The Balaban J connectivity index is 1.48. The second-order valence-electron chi connectivity index (χ2n) is 10.3. The molecule has 220 valence electrons. The van der Waals surface area contributed by atoms with Gasteiger partial charge in [-0.25, -0.2) is 18.4 Å². The van der Waals surface area contributed by atoms with E-state index in [1.807, 2.05) is 13.0 Å². The number of fused-ring (bicyclic) bond motifs is 4. The maximum Gasteiger partial charge on any atom is 0.411 e. The standard InChI is InChI=1S/C30H29ClF2N4O5/c1-16-4-3-5-24(37-11-10-25(42-30(37)40)26-22(32)9-8-21(31)27(26)33)18-12-17(14-34-15-18)20-7-6-19(35-29(39)41-2)13-23(20)36-28(16)38/h6-9,12-16,24-25H,3-5,10-11H2,1-2H3,(H,35,39)(H,36,38)/t16-,24?,25?/m1/s1. The molecule has 2 aromatic carbocycles. The number of methoxy groups -OCH3 is 1. The van der Waals surface area contributed by atoms with Crippen molar-refractivity contribution >= 4 is 41.1 Å². The van der Waals surface area contributed by atoms with Crippen LogP contribution in [0.5, 0.6) is 0 Å². The van der Waals surface area contributed by atoms with Gasteiger partial charge in [-0.1, -0.05) is 31.0 Å². The van der Waals surface area contributed by atoms with Crippen molar-refractivity contribution in [2.24, 2.45) is 5.92 Å². The summed E-state index contributed by atoms with van der Waals surface area (Å²) in [5.41, 5.74) is 2.62. The number of rotatable bonds is 3. The summed E-state index contributed by atoms with van der Waals surface area (Å²) < 4.78 is 39.4. The zero-order valence-corrected chi connectivity index (χ0v) is 23.7. The molecule has 5 rings (SSSR count). The van der Waals surface area contributed by atoms with Gasteiger partial charge >= 0.3 is 12.2 Å². The highest BCUT2D eigenvalue weighted by Gasteiger charge is 2.36. The first-order valence-electron chi connectivity index (χ1n) is 13.5. The van der Waals surface area contributed by atoms with E-state index in [2.05, 4.69) is 20.4 Å². The van der Waals surface area contributed by atoms with Crippen molar-refractivity contribution in [1.82, 2.24) is 9.88 Å². The Morgan fingerprint density at radius 1 is 1.14 bits per heavy atom. The van der Waals surface area contributed by atoms with Gasteiger partial charge in [-0.2, -0.15) is 0 Å². The van der Waals surface area contributed by atoms with Crippen LogP contribution < -0.4 is 10.6 Å². The molecule has 1 saturated heterocycles. The summed E-state index contributed by atoms with van der Waals surface area (Å²) in [5.74, 6) is -2.32. The normalized spacial score (nSPS) is 20.8. The number of hydrogen-bond acceptors (Lipinski definition) is 6. The number of anilines is 2. The smallest absolute Gasteiger partial charge is 0.411 e. The van der Waals surface area contributed by atoms with Crippen LogP contribution in [-0.2, 0) is 14.3 Å². The van der Waals surface area contributed by atoms with Crippen LogP contribution in [0.3, 0.4) is 0 Å². The molecular weight excluding hydrogens is 570 g/mol. The van der Waals surface area contributed by atoms with E-state index in [9.17, 15) is 23.2 Å². The number of aromatic nitrogens is 1. The minimum absolute atomic E-state index is 0.154. The number of hydrogen-bond donors (Lipinski definition) is 2. The lowest BCUT2D eigenvalue weighted by Crippen LogP contribution is -2.42. The fourth-order valence-electron chi connectivity index (χ4n) is 5.36. The van der Waals surface area contributed by atoms with Gasteiger partial charge in [0.1, 0.15) is 11.9 Å². The average Bonchev–Trinajstić information content (AvgIpc) is 2.97. The number of amides is 3. The van der Waals surface area contributed by atoms with Crippen molar-refractivity contribution in [1.29, 1.82) is 0 Å². The Bertz CT molecular complexity index is 1540. The van der Waals surface area contributed by atoms with Crippen LogP contribution >= 0.6 is 11.6 Å². The lowest BCUT2D eigenvalue weighted by molar-refractivity contribution is -0.119. The highest BCUT2D eigenvalue weighted by Crippen LogP contribution is 2.39. The molecular formula is C30H29ClF2N4O5. The summed E-state index contributed by atoms with van der Waals surface area (Å²) >= 11 is 5.86. The maximum absolute atomic E-state index is 14.7. The molecule has 3 atom stereocenters. The number of carbonyl (C=O) groups excluding carboxylic acids is 3. The van der Waals surface area contributed by atoms with Gasteiger partial charge in [0.25, 0.3) is 0 Å². The fourth-order valence-corrected chi connectivity index (χ4v) is 5.53. The molecule has 2 N–H and O–H groups in total. The van der Waals surface area contributed by atoms with Crippen molar-refractivity contribution in [3.8, 4) is 11.1 Å². The summed E-state index contributed by atoms with van der Waals surface area (Å²) in [6.45, 7) is 2.00. The quantitative estimate of drug-likeness (QED) is 0.308. The predicted octanol–water partition coefficient (Wildman–Crippen LogP) is 7.24. The zero-order chi connectivity index (χ0) is 30.0. The van der Waals surface area contributed by atoms with E-state index in [-0.39, 0.29) is 35.4 Å². The first kappa shape index (κ1) is 29.2. The Kier molecular flexibility index (Phi) is 8.58. The molecule has 2 bridgehead atoms. The van der Waals surface area contributed by atoms with Gasteiger partial charge in [0, 0.05) is 48.1 Å². The Labute approximate surface area is 246 Å². The lowest BCUT2D eigenvalue weighted by Gasteiger charge is -2.38. The number of halogens is 3. The van der Waals surface area contributed by atoms with E-state index in [1.165, 1.54) is 7.11 Å². The number of ether oxygens (including phenoxy) is 2. The molecule has 0 radical (unpaired) electrons. The van der Waals surface area contributed by atoms with Gasteiger partial charge < -0.3 is 19.7 Å². The van der Waals surface area contributed by atoms with E-state index < -0.39 is 36.0 Å². The maximum atomic E-state index is 14.7. The summed E-state index contributed by atoms with van der Waals surface area (Å²) in [5, 5.41) is 5.32. The third-order valence-corrected chi connectivity index (χ3v) is 7.91. The SMILES string of the molecule is COC(=O)Nc1ccc2c(c1)NC(=O)[C@H](C)CCCC(N1CCC(c3c(F)ccc(Cl)c3F)OC1=O)c1cncc-2c1. The topological polar surface area (TPSA) is 110 Å². The van der Waals surface area contributed by atoms with Gasteiger partial charge in [-0.3, -0.25) is 15.1 Å². The molecule has 0 spiro atoms. The van der Waals surface area contributed by atoms with Crippen LogP contribution in [0.15, 0.2) is 48.8 Å². The minimum Gasteiger partial charge on any atom is -0.453 e. The first-order valence-corrected chi connectivity index (χ1v) is 13.9. The van der Waals surface area contributed by atoms with Gasteiger partial charge in [0.15, 0.2) is 5.82 Å². The van der Waals surface area contributed by atoms with Crippen LogP contribution in [0.1, 0.15) is 55.9 Å². The van der Waals surface area contributed by atoms with Crippen LogP contribution in [-0.4, -0.2) is 41.6 Å². The molecule has 3 amide bonds. The van der Waals surface area contributed by atoms with Gasteiger partial charge in [0.05, 0.1) is 29.4 Å². The van der Waals surface area contributed by atoms with E-state index >= 15 is 0 Å². The summed E-state index contributed by atoms with van der Waals surface area (Å²) in [6, 6.07) is 8.67. The zero-order valence-electron chi connectivity index (χ0n) is 23.0. The molecule has 2 unspecified atom stereocenters. The van der Waals surface area contributed by atoms with E-state index in [1.54, 1.807) is 35.5 Å². The fraction of sp³-hybridized carbons (Fsp3) is 0.333. The summed E-state index contributed by atoms with van der Waals surface area (Å²) in [7, 11) is 1.26. The van der Waals surface area contributed by atoms with E-state index in [4.69, 9.17) is 16.3 Å². The second kappa shape index (κ2) is 12.3. The van der Waals surface area contributed by atoms with E-state index in [0.29, 0.717) is 41.8 Å². The molecule has 1 fully saturated rings. The molecule has 12 heteroatoms. The molecule has 9 nitrogen and oxygen atoms in total. The van der Waals surface area contributed by atoms with Crippen molar-refractivity contribution < 1.29 is 32.6 Å². The third kappa shape index (κ3) is 6.01. The van der Waals surface area contributed by atoms with Crippen LogP contribution in [0.4, 0.5) is 29.7 Å². The highest BCUT2D eigenvalue weighted by molar-refractivity contribution is 6.30. The number of pyridine rings is 1. The van der Waals surface area contributed by atoms with Crippen molar-refractivity contribution in [2.75, 3.05) is 24.3 Å². The molecule has 0 saturated carbocycles. The average molecular weight is 599 g/mol. The van der Waals surface area contributed by atoms with Crippen LogP contribution in [0, 0.1) is 17.6 Å². The molecule has 42 heavy (non-hydrogen) atoms. The van der Waals surface area contributed by atoms with Gasteiger partial charge in [-0.15, -0.1) is 0 Å². The van der Waals surface area contributed by atoms with Gasteiger partial charge in [-0.05, 0) is 48.7 Å². The molecule has 1 aromatic heterocycles. The number of benzene rings is 2. The highest BCUT2D eigenvalue weighted by atomic mass is 35.5. The lowest BCUT2D eigenvalue weighted by atomic mass is 9.93. The van der Waals surface area contributed by atoms with Crippen LogP contribution in [0.2, 0.25) is 5.02 Å². The van der Waals surface area contributed by atoms with Crippen molar-refractivity contribution in [3.05, 3.63) is 76.6 Å². The van der Waals surface area contributed by atoms with Crippen molar-refractivity contribution in [2.45, 2.75) is 44.8 Å². The number of nitrogens with zero attached hydrogens (tertiary/aromatic N) is 2. The Hall–Kier alpha value is -4.25. The first-order chi connectivity index (χ1) is 20.2. The van der Waals surface area contributed by atoms with Gasteiger partial charge in [0.2, 0.25) is 5.91 Å². The third-order valence-electron chi connectivity index (χ3n) is 7.61. The van der Waals surface area contributed by atoms with Crippen LogP contribution in [0.25, 0.3) is 11.1 Å². The second-order valence-corrected chi connectivity index (χ2v) is 10.7. The largest absolute Gasteiger partial charge is 0.453 e. The van der Waals surface area contributed by atoms with E-state index in [0.717, 1.165) is 17.7 Å². The number of nitrogens with one attached hydrogen (secondary N) is 2. The Morgan fingerprint density at radius 2 is 1.95 bits per heavy atom. The Morgan fingerprint density at radius 3 is 2.71 bits per heavy atom. The molecule has 2 aliphatic rings.